The maximum atomic E-state index is 13.3. The van der Waals surface area contributed by atoms with Gasteiger partial charge < -0.3 is 10.6 Å². The Bertz CT molecular complexity index is 1010. The van der Waals surface area contributed by atoms with Gasteiger partial charge in [-0.25, -0.2) is 0 Å². The number of hydrogen-bond donors (Lipinski definition) is 2. The molecular formula is C26H28N2O2S. The van der Waals surface area contributed by atoms with Crippen LogP contribution in [-0.4, -0.2) is 11.8 Å². The molecule has 5 heteroatoms. The smallest absolute Gasteiger partial charge is 0.242 e. The summed E-state index contributed by atoms with van der Waals surface area (Å²) >= 11 is 1.49. The monoisotopic (exact) mass is 432 g/mol. The third-order valence-electron chi connectivity index (χ3n) is 4.94. The van der Waals surface area contributed by atoms with Crippen LogP contribution in [0.3, 0.4) is 0 Å². The molecule has 4 nitrogen and oxygen atoms in total. The molecule has 1 atom stereocenters. The Morgan fingerprint density at radius 2 is 1.48 bits per heavy atom. The van der Waals surface area contributed by atoms with E-state index in [9.17, 15) is 9.59 Å². The molecule has 0 heterocycles. The van der Waals surface area contributed by atoms with E-state index in [0.29, 0.717) is 6.42 Å². The van der Waals surface area contributed by atoms with E-state index in [1.165, 1.54) is 11.8 Å². The molecule has 0 aliphatic heterocycles. The molecule has 0 aromatic heterocycles. The first-order valence-corrected chi connectivity index (χ1v) is 11.3. The Morgan fingerprint density at radius 1 is 0.839 bits per heavy atom. The van der Waals surface area contributed by atoms with Crippen molar-refractivity contribution in [3.8, 4) is 0 Å². The molecule has 0 saturated heterocycles. The normalized spacial score (nSPS) is 11.6. The number of nitrogens with one attached hydrogen (secondary N) is 2. The summed E-state index contributed by atoms with van der Waals surface area (Å²) in [5.74, 6) is -0.0491. The maximum Gasteiger partial charge on any atom is 0.242 e. The van der Waals surface area contributed by atoms with Crippen LogP contribution in [-0.2, 0) is 9.59 Å². The highest BCUT2D eigenvalue weighted by molar-refractivity contribution is 8.00. The van der Waals surface area contributed by atoms with E-state index in [1.807, 2.05) is 93.6 Å². The van der Waals surface area contributed by atoms with Gasteiger partial charge >= 0.3 is 0 Å². The number of aryl methyl sites for hydroxylation is 2. The predicted octanol–water partition coefficient (Wildman–Crippen LogP) is 6.51. The molecule has 31 heavy (non-hydrogen) atoms. The van der Waals surface area contributed by atoms with Gasteiger partial charge in [0.2, 0.25) is 11.8 Å². The molecule has 0 fully saturated rings. The average molecular weight is 433 g/mol. The van der Waals surface area contributed by atoms with Crippen LogP contribution in [0, 0.1) is 13.8 Å². The van der Waals surface area contributed by atoms with Crippen LogP contribution in [0.4, 0.5) is 11.4 Å². The van der Waals surface area contributed by atoms with Gasteiger partial charge in [-0.15, -0.1) is 11.8 Å². The molecule has 0 aliphatic carbocycles. The summed E-state index contributed by atoms with van der Waals surface area (Å²) in [6, 6.07) is 23.4. The van der Waals surface area contributed by atoms with Crippen LogP contribution >= 0.6 is 11.8 Å². The van der Waals surface area contributed by atoms with Gasteiger partial charge in [-0.3, -0.25) is 9.59 Å². The number of hydrogen-bond acceptors (Lipinski definition) is 3. The molecule has 0 spiro atoms. The molecule has 0 saturated carbocycles. The second-order valence-corrected chi connectivity index (χ2v) is 8.67. The largest absolute Gasteiger partial charge is 0.326 e. The van der Waals surface area contributed by atoms with Gasteiger partial charge in [0.25, 0.3) is 0 Å². The zero-order valence-corrected chi connectivity index (χ0v) is 19.0. The Labute approximate surface area is 188 Å². The molecule has 2 amide bonds. The molecule has 1 unspecified atom stereocenters. The van der Waals surface area contributed by atoms with Crippen molar-refractivity contribution in [2.45, 2.75) is 43.8 Å². The van der Waals surface area contributed by atoms with Gasteiger partial charge in [-0.2, -0.15) is 0 Å². The summed E-state index contributed by atoms with van der Waals surface area (Å²) in [5, 5.41) is 5.63. The average Bonchev–Trinajstić information content (AvgIpc) is 2.76. The SMILES string of the molecule is CCCC(=O)Nc1ccc(SC(C(=O)Nc2c(C)cccc2C)c2ccccc2)cc1. The summed E-state index contributed by atoms with van der Waals surface area (Å²) in [4.78, 5) is 26.1. The summed E-state index contributed by atoms with van der Waals surface area (Å²) in [5.41, 5.74) is 4.65. The second kappa shape index (κ2) is 10.8. The van der Waals surface area contributed by atoms with Crippen LogP contribution in [0.5, 0.6) is 0 Å². The Hall–Kier alpha value is -3.05. The third-order valence-corrected chi connectivity index (χ3v) is 6.21. The molecule has 3 aromatic rings. The lowest BCUT2D eigenvalue weighted by molar-refractivity contribution is -0.116. The van der Waals surface area contributed by atoms with E-state index in [4.69, 9.17) is 0 Å². The standard InChI is InChI=1S/C26H28N2O2S/c1-4-9-23(29)27-21-14-16-22(17-15-21)31-25(20-12-6-5-7-13-20)26(30)28-24-18(2)10-8-11-19(24)3/h5-8,10-17,25H,4,9H2,1-3H3,(H,27,29)(H,28,30). The molecule has 0 bridgehead atoms. The number of amides is 2. The first kappa shape index (κ1) is 22.6. The van der Waals surface area contributed by atoms with E-state index in [2.05, 4.69) is 10.6 Å². The van der Waals surface area contributed by atoms with Crippen molar-refractivity contribution in [1.29, 1.82) is 0 Å². The Morgan fingerprint density at radius 3 is 2.10 bits per heavy atom. The molecule has 2 N–H and O–H groups in total. The highest BCUT2D eigenvalue weighted by atomic mass is 32.2. The molecule has 0 radical (unpaired) electrons. The Kier molecular flexibility index (Phi) is 7.90. The first-order valence-electron chi connectivity index (χ1n) is 10.5. The predicted molar refractivity (Wildman–Crippen MR) is 130 cm³/mol. The number of carbonyl (C=O) groups is 2. The topological polar surface area (TPSA) is 58.2 Å². The highest BCUT2D eigenvalue weighted by Crippen LogP contribution is 2.37. The molecule has 160 valence electrons. The molecule has 3 rings (SSSR count). The number of para-hydroxylation sites is 1. The van der Waals surface area contributed by atoms with Gasteiger partial charge in [-0.05, 0) is 61.2 Å². The molecule has 0 aliphatic rings. The van der Waals surface area contributed by atoms with E-state index in [0.717, 1.165) is 39.4 Å². The lowest BCUT2D eigenvalue weighted by Gasteiger charge is -2.19. The van der Waals surface area contributed by atoms with Crippen molar-refractivity contribution in [1.82, 2.24) is 0 Å². The zero-order valence-electron chi connectivity index (χ0n) is 18.1. The van der Waals surface area contributed by atoms with Crippen LogP contribution in [0.2, 0.25) is 0 Å². The quantitative estimate of drug-likeness (QED) is 0.399. The van der Waals surface area contributed by atoms with Crippen LogP contribution < -0.4 is 10.6 Å². The number of benzene rings is 3. The van der Waals surface area contributed by atoms with Crippen LogP contribution in [0.1, 0.15) is 41.7 Å². The first-order chi connectivity index (χ1) is 15.0. The van der Waals surface area contributed by atoms with E-state index < -0.39 is 5.25 Å². The fraction of sp³-hybridized carbons (Fsp3) is 0.231. The number of anilines is 2. The van der Waals surface area contributed by atoms with Crippen molar-refractivity contribution < 1.29 is 9.59 Å². The minimum atomic E-state index is -0.402. The Balaban J connectivity index is 1.80. The number of rotatable bonds is 8. The van der Waals surface area contributed by atoms with Crippen molar-refractivity contribution in [3.05, 3.63) is 89.5 Å². The zero-order chi connectivity index (χ0) is 22.2. The van der Waals surface area contributed by atoms with Gasteiger partial charge in [0.15, 0.2) is 0 Å². The van der Waals surface area contributed by atoms with E-state index in [1.54, 1.807) is 0 Å². The summed E-state index contributed by atoms with van der Waals surface area (Å²) in [7, 11) is 0. The van der Waals surface area contributed by atoms with Gasteiger partial charge in [0.05, 0.1) is 0 Å². The van der Waals surface area contributed by atoms with E-state index in [-0.39, 0.29) is 11.8 Å². The number of thioether (sulfide) groups is 1. The molecular weight excluding hydrogens is 404 g/mol. The second-order valence-electron chi connectivity index (χ2n) is 7.49. The van der Waals surface area contributed by atoms with Crippen molar-refractivity contribution in [2.75, 3.05) is 10.6 Å². The van der Waals surface area contributed by atoms with Crippen LogP contribution in [0.25, 0.3) is 0 Å². The van der Waals surface area contributed by atoms with Crippen molar-refractivity contribution >= 4 is 35.0 Å². The van der Waals surface area contributed by atoms with E-state index >= 15 is 0 Å². The lowest BCUT2D eigenvalue weighted by atomic mass is 10.1. The minimum Gasteiger partial charge on any atom is -0.326 e. The summed E-state index contributed by atoms with van der Waals surface area (Å²) in [6.45, 7) is 5.98. The minimum absolute atomic E-state index is 0.0121. The van der Waals surface area contributed by atoms with Gasteiger partial charge in [0.1, 0.15) is 5.25 Å². The third kappa shape index (κ3) is 6.22. The van der Waals surface area contributed by atoms with Crippen molar-refractivity contribution in [2.24, 2.45) is 0 Å². The lowest BCUT2D eigenvalue weighted by Crippen LogP contribution is -2.20. The van der Waals surface area contributed by atoms with Gasteiger partial charge in [-0.1, -0.05) is 55.5 Å². The van der Waals surface area contributed by atoms with Gasteiger partial charge in [0, 0.05) is 22.7 Å². The van der Waals surface area contributed by atoms with Crippen LogP contribution in [0.15, 0.2) is 77.7 Å². The van der Waals surface area contributed by atoms with Crippen molar-refractivity contribution in [3.63, 3.8) is 0 Å². The molecule has 3 aromatic carbocycles. The summed E-state index contributed by atoms with van der Waals surface area (Å²) in [6.07, 6.45) is 1.32. The maximum absolute atomic E-state index is 13.3. The summed E-state index contributed by atoms with van der Waals surface area (Å²) < 4.78 is 0. The fourth-order valence-corrected chi connectivity index (χ4v) is 4.33. The highest BCUT2D eigenvalue weighted by Gasteiger charge is 2.23. The number of carbonyl (C=O) groups excluding carboxylic acids is 2. The fourth-order valence-electron chi connectivity index (χ4n) is 3.30.